The van der Waals surface area contributed by atoms with Gasteiger partial charge in [-0.2, -0.15) is 0 Å². The number of aromatic hydroxyl groups is 2. The van der Waals surface area contributed by atoms with Gasteiger partial charge in [0.2, 0.25) is 0 Å². The van der Waals surface area contributed by atoms with Gasteiger partial charge >= 0.3 is 5.97 Å². The number of phenolic OH excluding ortho intramolecular Hbond substituents is 2. The highest BCUT2D eigenvalue weighted by Gasteiger charge is 2.50. The lowest BCUT2D eigenvalue weighted by molar-refractivity contribution is -0.141. The first-order chi connectivity index (χ1) is 22.2. The van der Waals surface area contributed by atoms with E-state index in [2.05, 4.69) is 23.5 Å². The molecular formula is C37H40N2O7. The normalized spacial score (nSPS) is 25.5. The molecule has 0 aromatic heterocycles. The van der Waals surface area contributed by atoms with E-state index >= 15 is 0 Å². The summed E-state index contributed by atoms with van der Waals surface area (Å²) in [5.41, 5.74) is 13.0. The second-order valence-corrected chi connectivity index (χ2v) is 13.0. The van der Waals surface area contributed by atoms with Crippen molar-refractivity contribution in [3.05, 3.63) is 88.6 Å². The molecule has 240 valence electrons. The fraction of sp³-hybridized carbons (Fsp3) is 0.378. The van der Waals surface area contributed by atoms with Crippen molar-refractivity contribution in [1.29, 1.82) is 0 Å². The van der Waals surface area contributed by atoms with Crippen molar-refractivity contribution in [3.63, 3.8) is 0 Å². The molecule has 5 atom stereocenters. The van der Waals surface area contributed by atoms with Crippen LogP contribution < -0.4 is 25.3 Å². The Hall–Kier alpha value is -4.63. The van der Waals surface area contributed by atoms with E-state index in [1.54, 1.807) is 25.3 Å². The Morgan fingerprint density at radius 3 is 2.67 bits per heavy atom. The number of carbonyl (C=O) groups excluding carboxylic acids is 1. The van der Waals surface area contributed by atoms with E-state index in [-0.39, 0.29) is 41.6 Å². The molecule has 3 aromatic carbocycles. The Morgan fingerprint density at radius 1 is 1.11 bits per heavy atom. The van der Waals surface area contributed by atoms with Crippen LogP contribution in [-0.4, -0.2) is 43.2 Å². The molecule has 1 spiro atoms. The van der Waals surface area contributed by atoms with Gasteiger partial charge in [-0.25, -0.2) is 0 Å². The van der Waals surface area contributed by atoms with E-state index in [0.717, 1.165) is 71.2 Å². The predicted molar refractivity (Wildman–Crippen MR) is 173 cm³/mol. The molecule has 1 saturated carbocycles. The molecule has 4 aliphatic rings. The highest BCUT2D eigenvalue weighted by molar-refractivity contribution is 5.84. The number of methoxy groups -OCH3 is 2. The van der Waals surface area contributed by atoms with E-state index in [4.69, 9.17) is 24.7 Å². The van der Waals surface area contributed by atoms with Crippen LogP contribution in [0.2, 0.25) is 0 Å². The van der Waals surface area contributed by atoms with Crippen molar-refractivity contribution >= 4 is 5.97 Å². The largest absolute Gasteiger partial charge is 0.508 e. The number of dihydropyridines is 1. The summed E-state index contributed by atoms with van der Waals surface area (Å²) in [6.45, 7) is 1.56. The monoisotopic (exact) mass is 624 g/mol. The Kier molecular flexibility index (Phi) is 7.59. The number of hydrogen-bond acceptors (Lipinski definition) is 9. The van der Waals surface area contributed by atoms with Gasteiger partial charge < -0.3 is 40.2 Å². The molecule has 0 saturated heterocycles. The highest BCUT2D eigenvalue weighted by atomic mass is 16.5. The molecule has 1 fully saturated rings. The minimum Gasteiger partial charge on any atom is -0.508 e. The van der Waals surface area contributed by atoms with Gasteiger partial charge in [-0.15, -0.1) is 0 Å². The number of nitrogens with two attached hydrogens (primary N) is 1. The van der Waals surface area contributed by atoms with E-state index in [1.807, 2.05) is 24.4 Å². The molecule has 5 N–H and O–H groups in total. The van der Waals surface area contributed by atoms with Gasteiger partial charge in [-0.1, -0.05) is 24.3 Å². The van der Waals surface area contributed by atoms with Crippen LogP contribution in [0.15, 0.2) is 66.4 Å². The predicted octanol–water partition coefficient (Wildman–Crippen LogP) is 5.87. The van der Waals surface area contributed by atoms with E-state index in [0.29, 0.717) is 17.4 Å². The minimum absolute atomic E-state index is 0.0405. The molecule has 2 aliphatic carbocycles. The number of phenols is 2. The maximum absolute atomic E-state index is 12.0. The number of benzene rings is 3. The summed E-state index contributed by atoms with van der Waals surface area (Å²) in [5.74, 6) is 1.81. The molecule has 0 amide bonds. The molecule has 0 bridgehead atoms. The van der Waals surface area contributed by atoms with Crippen LogP contribution in [0, 0.1) is 5.92 Å². The fourth-order valence-corrected chi connectivity index (χ4v) is 8.19. The van der Waals surface area contributed by atoms with Crippen molar-refractivity contribution < 1.29 is 34.0 Å². The number of nitrogens with one attached hydrogen (secondary N) is 1. The summed E-state index contributed by atoms with van der Waals surface area (Å²) in [5, 5.41) is 24.2. The first-order valence-electron chi connectivity index (χ1n) is 15.8. The zero-order chi connectivity index (χ0) is 32.2. The quantitative estimate of drug-likeness (QED) is 0.238. The number of ether oxygens (including phenoxy) is 4. The lowest BCUT2D eigenvalue weighted by Gasteiger charge is -2.39. The molecule has 0 radical (unpaired) electrons. The van der Waals surface area contributed by atoms with Crippen molar-refractivity contribution in [1.82, 2.24) is 5.32 Å². The Bertz CT molecular complexity index is 1760. The molecule has 9 nitrogen and oxygen atoms in total. The van der Waals surface area contributed by atoms with Crippen molar-refractivity contribution in [3.8, 4) is 39.9 Å². The van der Waals surface area contributed by atoms with Gasteiger partial charge in [0, 0.05) is 41.3 Å². The Labute approximate surface area is 268 Å². The number of rotatable bonds is 7. The molecule has 46 heavy (non-hydrogen) atoms. The van der Waals surface area contributed by atoms with Gasteiger partial charge in [0.25, 0.3) is 0 Å². The van der Waals surface area contributed by atoms with E-state index in [1.165, 1.54) is 19.6 Å². The van der Waals surface area contributed by atoms with Crippen LogP contribution >= 0.6 is 0 Å². The number of esters is 1. The van der Waals surface area contributed by atoms with Crippen molar-refractivity contribution in [2.24, 2.45) is 11.7 Å². The molecule has 1 unspecified atom stereocenters. The molecule has 9 heteroatoms. The summed E-state index contributed by atoms with van der Waals surface area (Å²) >= 11 is 0. The van der Waals surface area contributed by atoms with E-state index < -0.39 is 6.10 Å². The topological polar surface area (TPSA) is 132 Å². The second-order valence-electron chi connectivity index (χ2n) is 13.0. The summed E-state index contributed by atoms with van der Waals surface area (Å²) in [6, 6.07) is 13.0. The summed E-state index contributed by atoms with van der Waals surface area (Å²) in [7, 11) is 3.14. The van der Waals surface area contributed by atoms with Gasteiger partial charge in [-0.3, -0.25) is 4.79 Å². The highest BCUT2D eigenvalue weighted by Crippen LogP contribution is 2.62. The van der Waals surface area contributed by atoms with E-state index in [9.17, 15) is 15.0 Å². The van der Waals surface area contributed by atoms with Crippen LogP contribution in [0.3, 0.4) is 0 Å². The van der Waals surface area contributed by atoms with Gasteiger partial charge in [0.1, 0.15) is 30.0 Å². The van der Waals surface area contributed by atoms with Gasteiger partial charge in [-0.05, 0) is 84.6 Å². The number of allylic oxidation sites excluding steroid dienone is 2. The summed E-state index contributed by atoms with van der Waals surface area (Å²) < 4.78 is 23.9. The van der Waals surface area contributed by atoms with Gasteiger partial charge in [0.05, 0.1) is 26.3 Å². The summed E-state index contributed by atoms with van der Waals surface area (Å²) in [4.78, 5) is 12.0. The second kappa shape index (κ2) is 11.6. The first-order valence-corrected chi connectivity index (χ1v) is 15.8. The molecule has 7 rings (SSSR count). The smallest absolute Gasteiger partial charge is 0.302 e. The Balaban J connectivity index is 1.36. The average Bonchev–Trinajstić information content (AvgIpc) is 3.61. The minimum atomic E-state index is -0.472. The third-order valence-electron chi connectivity index (χ3n) is 10.1. The average molecular weight is 625 g/mol. The van der Waals surface area contributed by atoms with Crippen LogP contribution in [0.5, 0.6) is 28.7 Å². The maximum atomic E-state index is 12.0. The third-order valence-corrected chi connectivity index (χ3v) is 10.1. The molecule has 3 aromatic rings. The van der Waals surface area contributed by atoms with Crippen LogP contribution in [0.1, 0.15) is 66.9 Å². The maximum Gasteiger partial charge on any atom is 0.302 e. The Morgan fingerprint density at radius 2 is 1.93 bits per heavy atom. The van der Waals surface area contributed by atoms with Gasteiger partial charge in [0.15, 0.2) is 11.5 Å². The SMILES string of the molecule is COc1cc([C@H]2Oc3c(ccc4c3[C@@]3(CC[C@@H](CC5=CNC(N)C=C5)C3)Cc3cc(O)cc(OC)c3-4)[C@@H]2COC(C)=O)ccc1O. The lowest BCUT2D eigenvalue weighted by Crippen LogP contribution is -2.33. The van der Waals surface area contributed by atoms with Crippen LogP contribution in [0.4, 0.5) is 0 Å². The number of carbonyl (C=O) groups is 1. The van der Waals surface area contributed by atoms with Crippen LogP contribution in [0.25, 0.3) is 11.1 Å². The zero-order valence-corrected chi connectivity index (χ0v) is 26.3. The fourth-order valence-electron chi connectivity index (χ4n) is 8.19. The van der Waals surface area contributed by atoms with Crippen molar-refractivity contribution in [2.75, 3.05) is 20.8 Å². The number of hydrogen-bond donors (Lipinski definition) is 4. The molecular weight excluding hydrogens is 584 g/mol. The summed E-state index contributed by atoms with van der Waals surface area (Å²) in [6.07, 6.45) is 10.1. The zero-order valence-electron chi connectivity index (χ0n) is 26.3. The number of fused-ring (bicyclic) bond motifs is 6. The molecule has 2 aliphatic heterocycles. The lowest BCUT2D eigenvalue weighted by atomic mass is 9.65. The van der Waals surface area contributed by atoms with Crippen molar-refractivity contribution in [2.45, 2.75) is 62.6 Å². The first kappa shape index (κ1) is 30.0. The standard InChI is InChI=1S/C37H40N2O7/c1-20(40)45-19-28-26-6-7-27-33-24(13-25(41)15-31(33)44-3)17-37(11-10-21(16-37)12-22-4-9-32(38)39-18-22)34(27)36(26)46-35(28)23-5-8-29(42)30(14-23)43-2/h4-9,13-15,18,21,28,32,35,39,41-42H,10-12,16-17,19,38H2,1-3H3/t21-,28-,32?,35+,37+/m0/s1. The molecule has 2 heterocycles. The van der Waals surface area contributed by atoms with Crippen LogP contribution in [-0.2, 0) is 21.4 Å². The third kappa shape index (κ3) is 5.12.